The minimum absolute atomic E-state index is 0.458. The van der Waals surface area contributed by atoms with Crippen LogP contribution in [0.25, 0.3) is 21.9 Å². The molecule has 0 saturated heterocycles. The van der Waals surface area contributed by atoms with Crippen molar-refractivity contribution in [3.05, 3.63) is 40.9 Å². The van der Waals surface area contributed by atoms with Crippen molar-refractivity contribution >= 4 is 50.4 Å². The van der Waals surface area contributed by atoms with Crippen molar-refractivity contribution in [2.75, 3.05) is 0 Å². The second kappa shape index (κ2) is 3.87. The molecule has 0 amide bonds. The van der Waals surface area contributed by atoms with Gasteiger partial charge in [-0.1, -0.05) is 24.3 Å². The Kier molecular flexibility index (Phi) is 2.47. The Morgan fingerprint density at radius 1 is 1.06 bits per heavy atom. The van der Waals surface area contributed by atoms with Gasteiger partial charge in [0.2, 0.25) is 0 Å². The average molecular weight is 291 g/mol. The SMILES string of the molecule is OB(O)c1ccc2oc3c(Br)cccc3c2c1. The Bertz CT molecular complexity index is 705. The van der Waals surface area contributed by atoms with Crippen molar-refractivity contribution in [2.45, 2.75) is 0 Å². The maximum atomic E-state index is 9.16. The molecule has 2 aromatic carbocycles. The molecule has 0 fully saturated rings. The molecular weight excluding hydrogens is 283 g/mol. The van der Waals surface area contributed by atoms with Crippen molar-refractivity contribution in [1.29, 1.82) is 0 Å². The van der Waals surface area contributed by atoms with Crippen LogP contribution in [0.3, 0.4) is 0 Å². The lowest BCUT2D eigenvalue weighted by molar-refractivity contribution is 0.426. The first-order chi connectivity index (χ1) is 8.16. The number of hydrogen-bond acceptors (Lipinski definition) is 3. The van der Waals surface area contributed by atoms with E-state index in [2.05, 4.69) is 15.9 Å². The second-order valence-electron chi connectivity index (χ2n) is 3.85. The summed E-state index contributed by atoms with van der Waals surface area (Å²) < 4.78 is 6.59. The van der Waals surface area contributed by atoms with Gasteiger partial charge < -0.3 is 14.5 Å². The smallest absolute Gasteiger partial charge is 0.455 e. The summed E-state index contributed by atoms with van der Waals surface area (Å²) >= 11 is 3.43. The number of halogens is 1. The molecule has 17 heavy (non-hydrogen) atoms. The van der Waals surface area contributed by atoms with Crippen LogP contribution in [0.5, 0.6) is 0 Å². The van der Waals surface area contributed by atoms with E-state index in [1.807, 2.05) is 18.2 Å². The largest absolute Gasteiger partial charge is 0.488 e. The summed E-state index contributed by atoms with van der Waals surface area (Å²) in [5.74, 6) is 0. The van der Waals surface area contributed by atoms with Gasteiger partial charge in [-0.3, -0.25) is 0 Å². The van der Waals surface area contributed by atoms with Gasteiger partial charge in [-0.05, 0) is 33.5 Å². The highest BCUT2D eigenvalue weighted by Gasteiger charge is 2.14. The fourth-order valence-corrected chi connectivity index (χ4v) is 2.39. The first kappa shape index (κ1) is 10.8. The monoisotopic (exact) mass is 290 g/mol. The van der Waals surface area contributed by atoms with Gasteiger partial charge in [0.25, 0.3) is 0 Å². The number of rotatable bonds is 1. The molecule has 0 atom stereocenters. The summed E-state index contributed by atoms with van der Waals surface area (Å²) in [6, 6.07) is 10.9. The lowest BCUT2D eigenvalue weighted by Gasteiger charge is -1.97. The van der Waals surface area contributed by atoms with Gasteiger partial charge in [0.05, 0.1) is 4.47 Å². The second-order valence-corrected chi connectivity index (χ2v) is 4.70. The van der Waals surface area contributed by atoms with Gasteiger partial charge in [0.15, 0.2) is 0 Å². The van der Waals surface area contributed by atoms with E-state index in [1.54, 1.807) is 18.2 Å². The third-order valence-electron chi connectivity index (χ3n) is 2.77. The van der Waals surface area contributed by atoms with Crippen LogP contribution < -0.4 is 5.46 Å². The van der Waals surface area contributed by atoms with E-state index < -0.39 is 7.12 Å². The Labute approximate surface area is 106 Å². The molecule has 5 heteroatoms. The molecule has 0 aliphatic rings. The fourth-order valence-electron chi connectivity index (χ4n) is 1.94. The first-order valence-corrected chi connectivity index (χ1v) is 5.93. The Balaban J connectivity index is 2.42. The number of hydrogen-bond donors (Lipinski definition) is 2. The molecule has 0 spiro atoms. The molecule has 0 aliphatic heterocycles. The normalized spacial score (nSPS) is 11.2. The average Bonchev–Trinajstić information content (AvgIpc) is 2.68. The van der Waals surface area contributed by atoms with Crippen molar-refractivity contribution < 1.29 is 14.5 Å². The maximum Gasteiger partial charge on any atom is 0.488 e. The topological polar surface area (TPSA) is 53.6 Å². The number of fused-ring (bicyclic) bond motifs is 3. The molecule has 1 heterocycles. The van der Waals surface area contributed by atoms with Gasteiger partial charge in [-0.15, -0.1) is 0 Å². The van der Waals surface area contributed by atoms with Crippen LogP contribution in [-0.2, 0) is 0 Å². The summed E-state index contributed by atoms with van der Waals surface area (Å²) in [6.07, 6.45) is 0. The summed E-state index contributed by atoms with van der Waals surface area (Å²) in [4.78, 5) is 0. The number of para-hydroxylation sites is 1. The summed E-state index contributed by atoms with van der Waals surface area (Å²) in [5.41, 5.74) is 1.96. The molecule has 2 N–H and O–H groups in total. The van der Waals surface area contributed by atoms with E-state index in [-0.39, 0.29) is 0 Å². The van der Waals surface area contributed by atoms with Gasteiger partial charge in [-0.2, -0.15) is 0 Å². The van der Waals surface area contributed by atoms with Crippen LogP contribution >= 0.6 is 15.9 Å². The van der Waals surface area contributed by atoms with Crippen LogP contribution in [0.4, 0.5) is 0 Å². The summed E-state index contributed by atoms with van der Waals surface area (Å²) in [6.45, 7) is 0. The maximum absolute atomic E-state index is 9.16. The van der Waals surface area contributed by atoms with Crippen LogP contribution in [0, 0.1) is 0 Å². The minimum atomic E-state index is -1.46. The van der Waals surface area contributed by atoms with Crippen molar-refractivity contribution in [2.24, 2.45) is 0 Å². The van der Waals surface area contributed by atoms with Crippen LogP contribution in [0.15, 0.2) is 45.3 Å². The fraction of sp³-hybridized carbons (Fsp3) is 0. The highest BCUT2D eigenvalue weighted by atomic mass is 79.9. The Hall–Kier alpha value is -1.30. The predicted octanol–water partition coefficient (Wildman–Crippen LogP) is 2.03. The zero-order valence-electron chi connectivity index (χ0n) is 8.72. The highest BCUT2D eigenvalue weighted by molar-refractivity contribution is 9.10. The molecule has 3 nitrogen and oxygen atoms in total. The Morgan fingerprint density at radius 2 is 1.88 bits per heavy atom. The van der Waals surface area contributed by atoms with Crippen molar-refractivity contribution in [1.82, 2.24) is 0 Å². The quantitative estimate of drug-likeness (QED) is 0.674. The third kappa shape index (κ3) is 1.67. The summed E-state index contributed by atoms with van der Waals surface area (Å²) in [5, 5.41) is 20.2. The first-order valence-electron chi connectivity index (χ1n) is 5.13. The van der Waals surface area contributed by atoms with E-state index in [4.69, 9.17) is 14.5 Å². The highest BCUT2D eigenvalue weighted by Crippen LogP contribution is 2.32. The molecular formula is C12H8BBrO3. The standard InChI is InChI=1S/C12H8BBrO3/c14-10-3-1-2-8-9-6-7(13(15)16)4-5-11(9)17-12(8)10/h1-6,15-16H. The predicted molar refractivity (Wildman–Crippen MR) is 71.2 cm³/mol. The van der Waals surface area contributed by atoms with E-state index >= 15 is 0 Å². The molecule has 0 radical (unpaired) electrons. The zero-order valence-corrected chi connectivity index (χ0v) is 10.3. The van der Waals surface area contributed by atoms with E-state index in [0.717, 1.165) is 26.4 Å². The molecule has 1 aromatic heterocycles. The van der Waals surface area contributed by atoms with Crippen LogP contribution in [-0.4, -0.2) is 17.2 Å². The minimum Gasteiger partial charge on any atom is -0.455 e. The lowest BCUT2D eigenvalue weighted by atomic mass is 9.80. The molecule has 0 unspecified atom stereocenters. The third-order valence-corrected chi connectivity index (χ3v) is 3.40. The van der Waals surface area contributed by atoms with E-state index in [0.29, 0.717) is 5.46 Å². The zero-order chi connectivity index (χ0) is 12.0. The van der Waals surface area contributed by atoms with Gasteiger partial charge in [0, 0.05) is 10.8 Å². The van der Waals surface area contributed by atoms with Crippen LogP contribution in [0.2, 0.25) is 0 Å². The van der Waals surface area contributed by atoms with Gasteiger partial charge in [0.1, 0.15) is 11.2 Å². The van der Waals surface area contributed by atoms with E-state index in [9.17, 15) is 0 Å². The van der Waals surface area contributed by atoms with Gasteiger partial charge >= 0.3 is 7.12 Å². The number of furan rings is 1. The van der Waals surface area contributed by atoms with Crippen LogP contribution in [0.1, 0.15) is 0 Å². The number of benzene rings is 2. The van der Waals surface area contributed by atoms with Gasteiger partial charge in [-0.25, -0.2) is 0 Å². The Morgan fingerprint density at radius 3 is 2.65 bits per heavy atom. The molecule has 84 valence electrons. The van der Waals surface area contributed by atoms with Crippen molar-refractivity contribution in [3.63, 3.8) is 0 Å². The van der Waals surface area contributed by atoms with Crippen molar-refractivity contribution in [3.8, 4) is 0 Å². The lowest BCUT2D eigenvalue weighted by Crippen LogP contribution is -2.29. The van der Waals surface area contributed by atoms with E-state index in [1.165, 1.54) is 0 Å². The molecule has 0 aliphatic carbocycles. The summed E-state index contributed by atoms with van der Waals surface area (Å²) in [7, 11) is -1.46. The molecule has 3 aromatic rings. The molecule has 3 rings (SSSR count). The molecule has 0 saturated carbocycles. The molecule has 0 bridgehead atoms.